The third kappa shape index (κ3) is 2.65. The van der Waals surface area contributed by atoms with Crippen LogP contribution in [-0.2, 0) is 6.42 Å². The summed E-state index contributed by atoms with van der Waals surface area (Å²) < 4.78 is 8.10. The molecule has 2 aromatic heterocycles. The number of ether oxygens (including phenoxy) is 1. The number of nitrogens with one attached hydrogen (secondary N) is 1. The van der Waals surface area contributed by atoms with E-state index in [0.717, 1.165) is 56.0 Å². The normalized spacial score (nSPS) is 16.9. The summed E-state index contributed by atoms with van der Waals surface area (Å²) >= 11 is 1.72. The van der Waals surface area contributed by atoms with Crippen LogP contribution >= 0.6 is 11.9 Å². The van der Waals surface area contributed by atoms with Gasteiger partial charge in [0.05, 0.1) is 22.7 Å². The molecule has 0 atom stereocenters. The predicted octanol–water partition coefficient (Wildman–Crippen LogP) is 2.94. The van der Waals surface area contributed by atoms with Gasteiger partial charge in [-0.2, -0.15) is 0 Å². The molecule has 0 bridgehead atoms. The zero-order chi connectivity index (χ0) is 16.6. The number of fused-ring (bicyclic) bond motifs is 2. The first-order chi connectivity index (χ1) is 12.4. The molecular weight excluding hydrogens is 332 g/mol. The van der Waals surface area contributed by atoms with Crippen LogP contribution in [-0.4, -0.2) is 41.7 Å². The Labute approximate surface area is 151 Å². The molecule has 0 saturated carbocycles. The van der Waals surface area contributed by atoms with E-state index in [0.29, 0.717) is 0 Å². The third-order valence-corrected chi connectivity index (χ3v) is 5.86. The first kappa shape index (κ1) is 15.1. The van der Waals surface area contributed by atoms with Gasteiger partial charge in [-0.1, -0.05) is 12.1 Å². The molecule has 0 unspecified atom stereocenters. The van der Waals surface area contributed by atoms with Gasteiger partial charge in [0.1, 0.15) is 11.3 Å². The van der Waals surface area contributed by atoms with E-state index in [1.807, 2.05) is 12.3 Å². The molecule has 128 valence electrons. The van der Waals surface area contributed by atoms with Gasteiger partial charge in [-0.05, 0) is 35.7 Å². The van der Waals surface area contributed by atoms with E-state index in [1.165, 1.54) is 16.1 Å². The first-order valence-corrected chi connectivity index (χ1v) is 9.52. The molecule has 2 aliphatic heterocycles. The largest absolute Gasteiger partial charge is 0.492 e. The van der Waals surface area contributed by atoms with Crippen molar-refractivity contribution in [2.45, 2.75) is 11.3 Å². The molecule has 4 heterocycles. The quantitative estimate of drug-likeness (QED) is 0.785. The van der Waals surface area contributed by atoms with E-state index in [4.69, 9.17) is 4.74 Å². The summed E-state index contributed by atoms with van der Waals surface area (Å²) in [6, 6.07) is 10.6. The maximum absolute atomic E-state index is 5.87. The number of piperazine rings is 1. The van der Waals surface area contributed by atoms with Crippen molar-refractivity contribution in [1.82, 2.24) is 14.3 Å². The maximum atomic E-state index is 5.87. The van der Waals surface area contributed by atoms with Crippen LogP contribution < -0.4 is 15.0 Å². The Bertz CT molecular complexity index is 917. The van der Waals surface area contributed by atoms with Crippen molar-refractivity contribution in [3.63, 3.8) is 0 Å². The second kappa shape index (κ2) is 6.28. The lowest BCUT2D eigenvalue weighted by Gasteiger charge is -2.28. The van der Waals surface area contributed by atoms with Gasteiger partial charge >= 0.3 is 0 Å². The van der Waals surface area contributed by atoms with Gasteiger partial charge in [0.25, 0.3) is 0 Å². The number of nitrogens with zero attached hydrogens (tertiary/aromatic N) is 3. The molecule has 1 N–H and O–H groups in total. The fraction of sp³-hybridized carbons (Fsp3) is 0.316. The van der Waals surface area contributed by atoms with Crippen LogP contribution in [0.15, 0.2) is 47.6 Å². The Balaban J connectivity index is 1.56. The van der Waals surface area contributed by atoms with Crippen molar-refractivity contribution in [2.24, 2.45) is 0 Å². The summed E-state index contributed by atoms with van der Waals surface area (Å²) in [6.07, 6.45) is 5.11. The number of benzene rings is 1. The van der Waals surface area contributed by atoms with E-state index < -0.39 is 0 Å². The Morgan fingerprint density at radius 3 is 2.96 bits per heavy atom. The SMILES string of the molecule is c1cc2c(c(Sn3cc(N4CCNCC4)c4ncccc43)c1)OCC2. The molecule has 6 heteroatoms. The average Bonchev–Trinajstić information content (AvgIpc) is 3.28. The van der Waals surface area contributed by atoms with Crippen LogP contribution in [0.5, 0.6) is 5.75 Å². The molecule has 0 spiro atoms. The summed E-state index contributed by atoms with van der Waals surface area (Å²) in [4.78, 5) is 8.26. The Morgan fingerprint density at radius 2 is 2.04 bits per heavy atom. The van der Waals surface area contributed by atoms with Crippen LogP contribution in [0.25, 0.3) is 11.0 Å². The van der Waals surface area contributed by atoms with E-state index in [2.05, 4.69) is 49.6 Å². The lowest BCUT2D eigenvalue weighted by molar-refractivity contribution is 0.349. The second-order valence-electron chi connectivity index (χ2n) is 6.38. The monoisotopic (exact) mass is 352 g/mol. The number of hydrogen-bond donors (Lipinski definition) is 1. The van der Waals surface area contributed by atoms with Gasteiger partial charge < -0.3 is 15.0 Å². The smallest absolute Gasteiger partial charge is 0.137 e. The van der Waals surface area contributed by atoms with Crippen LogP contribution in [0.2, 0.25) is 0 Å². The van der Waals surface area contributed by atoms with Crippen molar-refractivity contribution < 1.29 is 4.74 Å². The van der Waals surface area contributed by atoms with Crippen molar-refractivity contribution in [1.29, 1.82) is 0 Å². The molecule has 0 aliphatic carbocycles. The fourth-order valence-electron chi connectivity index (χ4n) is 3.59. The van der Waals surface area contributed by atoms with Crippen LogP contribution in [0.1, 0.15) is 5.56 Å². The van der Waals surface area contributed by atoms with Gasteiger partial charge in [0.15, 0.2) is 0 Å². The summed E-state index contributed by atoms with van der Waals surface area (Å²) in [6.45, 7) is 4.86. The molecule has 1 aromatic carbocycles. The second-order valence-corrected chi connectivity index (χ2v) is 7.40. The summed E-state index contributed by atoms with van der Waals surface area (Å²) in [5, 5.41) is 3.42. The van der Waals surface area contributed by atoms with E-state index >= 15 is 0 Å². The molecule has 5 rings (SSSR count). The molecule has 0 amide bonds. The highest BCUT2D eigenvalue weighted by molar-refractivity contribution is 7.98. The highest BCUT2D eigenvalue weighted by atomic mass is 32.2. The molecule has 3 aromatic rings. The van der Waals surface area contributed by atoms with Crippen LogP contribution in [0, 0.1) is 0 Å². The molecule has 1 saturated heterocycles. The van der Waals surface area contributed by atoms with Crippen molar-refractivity contribution >= 4 is 28.7 Å². The van der Waals surface area contributed by atoms with Crippen molar-refractivity contribution in [3.05, 3.63) is 48.3 Å². The predicted molar refractivity (Wildman–Crippen MR) is 102 cm³/mol. The maximum Gasteiger partial charge on any atom is 0.137 e. The minimum absolute atomic E-state index is 0.785. The lowest BCUT2D eigenvalue weighted by Crippen LogP contribution is -2.43. The minimum atomic E-state index is 0.785. The first-order valence-electron chi connectivity index (χ1n) is 8.75. The minimum Gasteiger partial charge on any atom is -0.492 e. The summed E-state index contributed by atoms with van der Waals surface area (Å²) in [5.41, 5.74) is 4.75. The van der Waals surface area contributed by atoms with Gasteiger partial charge in [0, 0.05) is 45.0 Å². The molecule has 2 aliphatic rings. The number of pyridine rings is 1. The van der Waals surface area contributed by atoms with Gasteiger partial charge in [-0.15, -0.1) is 0 Å². The summed E-state index contributed by atoms with van der Waals surface area (Å²) in [5.74, 6) is 1.04. The number of anilines is 1. The molecule has 5 nitrogen and oxygen atoms in total. The topological polar surface area (TPSA) is 42.3 Å². The highest BCUT2D eigenvalue weighted by Crippen LogP contribution is 2.40. The number of hydrogen-bond acceptors (Lipinski definition) is 5. The fourth-order valence-corrected chi connectivity index (χ4v) is 4.61. The van der Waals surface area contributed by atoms with Crippen molar-refractivity contribution in [3.8, 4) is 5.75 Å². The van der Waals surface area contributed by atoms with E-state index in [9.17, 15) is 0 Å². The molecular formula is C19H20N4OS. The van der Waals surface area contributed by atoms with E-state index in [-0.39, 0.29) is 0 Å². The average molecular weight is 352 g/mol. The Kier molecular flexibility index (Phi) is 3.79. The number of aromatic nitrogens is 2. The lowest BCUT2D eigenvalue weighted by atomic mass is 10.2. The van der Waals surface area contributed by atoms with Gasteiger partial charge in [-0.25, -0.2) is 0 Å². The van der Waals surface area contributed by atoms with Crippen LogP contribution in [0.4, 0.5) is 5.69 Å². The molecule has 0 radical (unpaired) electrons. The number of para-hydroxylation sites is 1. The standard InChI is InChI=1S/C19H20N4OS/c1-3-14-6-12-24-19(14)17(5-1)25-23-13-16(22-10-8-20-9-11-22)18-15(23)4-2-7-21-18/h1-5,7,13,20H,6,8-12H2. The third-order valence-electron chi connectivity index (χ3n) is 4.84. The summed E-state index contributed by atoms with van der Waals surface area (Å²) in [7, 11) is 0. The molecule has 25 heavy (non-hydrogen) atoms. The zero-order valence-electron chi connectivity index (χ0n) is 13.9. The Hall–Kier alpha value is -2.18. The highest BCUT2D eigenvalue weighted by Gasteiger charge is 2.21. The van der Waals surface area contributed by atoms with Crippen molar-refractivity contribution in [2.75, 3.05) is 37.7 Å². The zero-order valence-corrected chi connectivity index (χ0v) is 14.8. The van der Waals surface area contributed by atoms with Crippen LogP contribution in [0.3, 0.4) is 0 Å². The van der Waals surface area contributed by atoms with E-state index in [1.54, 1.807) is 11.9 Å². The number of rotatable bonds is 3. The molecule has 1 fully saturated rings. The van der Waals surface area contributed by atoms with Gasteiger partial charge in [-0.3, -0.25) is 8.96 Å². The van der Waals surface area contributed by atoms with Gasteiger partial charge in [0.2, 0.25) is 0 Å². The Morgan fingerprint density at radius 1 is 1.12 bits per heavy atom.